The van der Waals surface area contributed by atoms with Crippen LogP contribution in [0, 0.1) is 0 Å². The third-order valence-corrected chi connectivity index (χ3v) is 3.02. The minimum Gasteiger partial charge on any atom is -0.378 e. The molecule has 4 heteroatoms. The summed E-state index contributed by atoms with van der Waals surface area (Å²) >= 11 is 0. The van der Waals surface area contributed by atoms with Crippen molar-refractivity contribution in [1.29, 1.82) is 0 Å². The number of nitrogens with one attached hydrogen (secondary N) is 1. The summed E-state index contributed by atoms with van der Waals surface area (Å²) in [5.41, 5.74) is 4.58. The lowest BCUT2D eigenvalue weighted by molar-refractivity contribution is -0.129. The zero-order valence-corrected chi connectivity index (χ0v) is 12.3. The summed E-state index contributed by atoms with van der Waals surface area (Å²) in [5.74, 6) is -0.557. The lowest BCUT2D eigenvalue weighted by atomic mass is 10.1. The van der Waals surface area contributed by atoms with Gasteiger partial charge in [-0.2, -0.15) is 5.10 Å². The summed E-state index contributed by atoms with van der Waals surface area (Å²) in [6.07, 6.45) is 2.47. The van der Waals surface area contributed by atoms with E-state index in [1.807, 2.05) is 42.5 Å². The van der Waals surface area contributed by atoms with Crippen LogP contribution in [0.4, 0.5) is 0 Å². The molecule has 2 aromatic rings. The Bertz CT molecular complexity index is 664. The highest BCUT2D eigenvalue weighted by atomic mass is 16.3. The van der Waals surface area contributed by atoms with Crippen LogP contribution in [-0.2, 0) is 4.79 Å². The van der Waals surface area contributed by atoms with Gasteiger partial charge in [0, 0.05) is 0 Å². The molecule has 0 saturated carbocycles. The number of carbonyl (C=O) groups is 1. The van der Waals surface area contributed by atoms with Crippen molar-refractivity contribution in [3.05, 3.63) is 77.9 Å². The number of amides is 1. The summed E-state index contributed by atoms with van der Waals surface area (Å²) in [6, 6.07) is 18.5. The summed E-state index contributed by atoms with van der Waals surface area (Å²) in [7, 11) is 0. The van der Waals surface area contributed by atoms with Crippen LogP contribution in [0.3, 0.4) is 0 Å². The number of hydrogen-bond donors (Lipinski definition) is 2. The van der Waals surface area contributed by atoms with Crippen LogP contribution < -0.4 is 5.43 Å². The summed E-state index contributed by atoms with van der Waals surface area (Å²) in [5, 5.41) is 13.9. The van der Waals surface area contributed by atoms with Crippen molar-refractivity contribution in [3.8, 4) is 0 Å². The van der Waals surface area contributed by atoms with E-state index in [1.54, 1.807) is 37.3 Å². The first-order chi connectivity index (χ1) is 10.7. The fourth-order valence-corrected chi connectivity index (χ4v) is 1.81. The molecule has 1 amide bonds. The molecule has 0 aliphatic carbocycles. The van der Waals surface area contributed by atoms with Gasteiger partial charge in [0.15, 0.2) is 6.10 Å². The second-order valence-corrected chi connectivity index (χ2v) is 4.79. The Morgan fingerprint density at radius 1 is 1.09 bits per heavy atom. The molecule has 0 aromatic heterocycles. The van der Waals surface area contributed by atoms with E-state index in [4.69, 9.17) is 0 Å². The van der Waals surface area contributed by atoms with Gasteiger partial charge in [-0.3, -0.25) is 4.79 Å². The normalized spacial score (nSPS) is 13.1. The van der Waals surface area contributed by atoms with Gasteiger partial charge < -0.3 is 5.11 Å². The van der Waals surface area contributed by atoms with Crippen LogP contribution in [0.2, 0.25) is 0 Å². The Labute approximate surface area is 129 Å². The molecule has 22 heavy (non-hydrogen) atoms. The molecule has 0 radical (unpaired) electrons. The van der Waals surface area contributed by atoms with Crippen molar-refractivity contribution in [2.24, 2.45) is 5.10 Å². The van der Waals surface area contributed by atoms with E-state index in [1.165, 1.54) is 0 Å². The number of benzene rings is 2. The second-order valence-electron chi connectivity index (χ2n) is 4.79. The van der Waals surface area contributed by atoms with Gasteiger partial charge in [-0.05, 0) is 24.1 Å². The highest BCUT2D eigenvalue weighted by Crippen LogP contribution is 2.11. The number of carbonyl (C=O) groups excluding carboxylic acids is 1. The van der Waals surface area contributed by atoms with Crippen molar-refractivity contribution in [2.45, 2.75) is 13.0 Å². The van der Waals surface area contributed by atoms with E-state index in [-0.39, 0.29) is 0 Å². The summed E-state index contributed by atoms with van der Waals surface area (Å²) < 4.78 is 0. The number of nitrogens with zero attached hydrogens (tertiary/aromatic N) is 1. The number of rotatable bonds is 5. The third kappa shape index (κ3) is 4.68. The molecule has 112 valence electrons. The first-order valence-electron chi connectivity index (χ1n) is 6.97. The first kappa shape index (κ1) is 15.7. The molecule has 4 nitrogen and oxygen atoms in total. The molecule has 1 atom stereocenters. The largest absolute Gasteiger partial charge is 0.378 e. The molecule has 0 spiro atoms. The molecule has 0 unspecified atom stereocenters. The monoisotopic (exact) mass is 294 g/mol. The van der Waals surface area contributed by atoms with E-state index in [2.05, 4.69) is 10.5 Å². The molecule has 0 fully saturated rings. The van der Waals surface area contributed by atoms with E-state index >= 15 is 0 Å². The molecule has 2 N–H and O–H groups in total. The van der Waals surface area contributed by atoms with Crippen LogP contribution in [0.15, 0.2) is 71.8 Å². The molecule has 0 aliphatic rings. The zero-order chi connectivity index (χ0) is 15.8. The van der Waals surface area contributed by atoms with Crippen molar-refractivity contribution < 1.29 is 9.90 Å². The van der Waals surface area contributed by atoms with E-state index in [9.17, 15) is 9.90 Å². The molecule has 0 bridgehead atoms. The summed E-state index contributed by atoms with van der Waals surface area (Å²) in [6.45, 7) is 1.77. The van der Waals surface area contributed by atoms with Crippen LogP contribution >= 0.6 is 0 Å². The van der Waals surface area contributed by atoms with Crippen molar-refractivity contribution in [2.75, 3.05) is 0 Å². The number of hydrazone groups is 1. The van der Waals surface area contributed by atoms with E-state index in [0.29, 0.717) is 11.3 Å². The van der Waals surface area contributed by atoms with Crippen LogP contribution in [0.5, 0.6) is 0 Å². The average Bonchev–Trinajstić information content (AvgIpc) is 2.58. The van der Waals surface area contributed by atoms with E-state index < -0.39 is 12.0 Å². The molecular formula is C18H18N2O2. The lowest BCUT2D eigenvalue weighted by Crippen LogP contribution is -2.25. The van der Waals surface area contributed by atoms with Gasteiger partial charge in [0.1, 0.15) is 0 Å². The minimum atomic E-state index is -1.23. The maximum Gasteiger partial charge on any atom is 0.273 e. The minimum absolute atomic E-state index is 0.535. The number of aliphatic hydroxyl groups excluding tert-OH is 1. The van der Waals surface area contributed by atoms with Gasteiger partial charge in [0.2, 0.25) is 0 Å². The number of hydrogen-bond acceptors (Lipinski definition) is 3. The smallest absolute Gasteiger partial charge is 0.273 e. The third-order valence-electron chi connectivity index (χ3n) is 3.02. The maximum atomic E-state index is 11.8. The molecule has 0 aliphatic heterocycles. The number of aliphatic hydroxyl groups is 1. The highest BCUT2D eigenvalue weighted by molar-refractivity contribution is 5.97. The molecular weight excluding hydrogens is 276 g/mol. The average molecular weight is 294 g/mol. The van der Waals surface area contributed by atoms with Crippen molar-refractivity contribution in [1.82, 2.24) is 5.43 Å². The maximum absolute atomic E-state index is 11.8. The Kier molecular flexibility index (Phi) is 5.63. The van der Waals surface area contributed by atoms with Crippen molar-refractivity contribution in [3.63, 3.8) is 0 Å². The number of allylic oxidation sites excluding steroid dienone is 1. The fraction of sp³-hybridized carbons (Fsp3) is 0.111. The SMILES string of the molecule is CC(/C=C\c1ccccc1)=NNC(=O)[C@H](O)c1ccccc1. The van der Waals surface area contributed by atoms with Gasteiger partial charge in [0.25, 0.3) is 5.91 Å². The summed E-state index contributed by atoms with van der Waals surface area (Å²) in [4.78, 5) is 11.8. The van der Waals surface area contributed by atoms with Gasteiger partial charge >= 0.3 is 0 Å². The second kappa shape index (κ2) is 7.90. The Balaban J connectivity index is 1.93. The Morgan fingerprint density at radius 3 is 2.32 bits per heavy atom. The lowest BCUT2D eigenvalue weighted by Gasteiger charge is -2.08. The quantitative estimate of drug-likeness (QED) is 0.658. The predicted octanol–water partition coefficient (Wildman–Crippen LogP) is 2.93. The first-order valence-corrected chi connectivity index (χ1v) is 6.97. The predicted molar refractivity (Wildman–Crippen MR) is 88.1 cm³/mol. The molecule has 0 heterocycles. The van der Waals surface area contributed by atoms with Gasteiger partial charge in [0.05, 0.1) is 5.71 Å². The van der Waals surface area contributed by atoms with Gasteiger partial charge in [-0.1, -0.05) is 66.7 Å². The highest BCUT2D eigenvalue weighted by Gasteiger charge is 2.15. The standard InChI is InChI=1S/C18H18N2O2/c1-14(12-13-15-8-4-2-5-9-15)19-20-18(22)17(21)16-10-6-3-7-11-16/h2-13,17,21H,1H3,(H,20,22)/b13-12-,19-14?/t17-/m1/s1. The van der Waals surface area contributed by atoms with Gasteiger partial charge in [-0.15, -0.1) is 0 Å². The molecule has 2 aromatic carbocycles. The van der Waals surface area contributed by atoms with Crippen LogP contribution in [0.1, 0.15) is 24.2 Å². The zero-order valence-electron chi connectivity index (χ0n) is 12.3. The van der Waals surface area contributed by atoms with Crippen LogP contribution in [0.25, 0.3) is 6.08 Å². The van der Waals surface area contributed by atoms with Crippen molar-refractivity contribution >= 4 is 17.7 Å². The van der Waals surface area contributed by atoms with Crippen LogP contribution in [-0.4, -0.2) is 16.7 Å². The Hall–Kier alpha value is -2.72. The fourth-order valence-electron chi connectivity index (χ4n) is 1.81. The Morgan fingerprint density at radius 2 is 1.68 bits per heavy atom. The molecule has 0 saturated heterocycles. The molecule has 2 rings (SSSR count). The topological polar surface area (TPSA) is 61.7 Å². The van der Waals surface area contributed by atoms with E-state index in [0.717, 1.165) is 5.56 Å². The van der Waals surface area contributed by atoms with Gasteiger partial charge in [-0.25, -0.2) is 5.43 Å².